The normalized spacial score (nSPS) is 13.9. The van der Waals surface area contributed by atoms with E-state index in [1.54, 1.807) is 43.5 Å². The van der Waals surface area contributed by atoms with E-state index in [0.717, 1.165) is 17.1 Å². The summed E-state index contributed by atoms with van der Waals surface area (Å²) < 4.78 is 10.4. The highest BCUT2D eigenvalue weighted by molar-refractivity contribution is 8.16. The topological polar surface area (TPSA) is 93.7 Å². The van der Waals surface area contributed by atoms with Crippen molar-refractivity contribution in [1.82, 2.24) is 5.32 Å². The first-order valence-corrected chi connectivity index (χ1v) is 11.4. The molecule has 3 rings (SSSR count). The van der Waals surface area contributed by atoms with Crippen LogP contribution in [-0.2, 0) is 9.53 Å². The number of anilines is 1. The number of benzene rings is 2. The van der Waals surface area contributed by atoms with Gasteiger partial charge in [0.1, 0.15) is 5.75 Å². The summed E-state index contributed by atoms with van der Waals surface area (Å²) in [4.78, 5) is 35.9. The number of thioether (sulfide) groups is 2. The van der Waals surface area contributed by atoms with Crippen molar-refractivity contribution in [2.45, 2.75) is 11.0 Å². The summed E-state index contributed by atoms with van der Waals surface area (Å²) in [7, 11) is 1.54. The molecule has 0 bridgehead atoms. The fraction of sp³-hybridized carbons (Fsp3) is 0.286. The van der Waals surface area contributed by atoms with Gasteiger partial charge in [0, 0.05) is 5.69 Å². The number of hydrogen-bond acceptors (Lipinski definition) is 7. The van der Waals surface area contributed by atoms with Crippen molar-refractivity contribution in [3.63, 3.8) is 0 Å². The average molecular weight is 447 g/mol. The third-order valence-electron chi connectivity index (χ3n) is 4.18. The number of carbonyl (C=O) groups excluding carboxylic acids is 3. The van der Waals surface area contributed by atoms with Gasteiger partial charge in [0.25, 0.3) is 5.91 Å². The van der Waals surface area contributed by atoms with Gasteiger partial charge in [0.05, 0.1) is 17.3 Å². The first-order chi connectivity index (χ1) is 14.5. The van der Waals surface area contributed by atoms with Gasteiger partial charge in [-0.05, 0) is 59.9 Å². The summed E-state index contributed by atoms with van der Waals surface area (Å²) in [5.74, 6) is 1.59. The smallest absolute Gasteiger partial charge is 0.338 e. The summed E-state index contributed by atoms with van der Waals surface area (Å²) in [5.41, 5.74) is 2.02. The summed E-state index contributed by atoms with van der Waals surface area (Å²) in [6.45, 7) is -0.551. The minimum atomic E-state index is -0.721. The minimum Gasteiger partial charge on any atom is -0.497 e. The van der Waals surface area contributed by atoms with Crippen molar-refractivity contribution in [3.8, 4) is 5.75 Å². The summed E-state index contributed by atoms with van der Waals surface area (Å²) in [6, 6.07) is 13.1. The van der Waals surface area contributed by atoms with E-state index in [2.05, 4.69) is 10.6 Å². The standard InChI is InChI=1S/C21H22N2O5S2/c1-27-17-9-7-16(8-10-17)22-21(26)23-18(24)13-28-19(25)14-3-5-15(6-4-14)20-29-11-2-12-30-20/h3-10,20H,2,11-13H2,1H3,(H2,22,23,24,26). The first-order valence-electron chi connectivity index (χ1n) is 9.30. The van der Waals surface area contributed by atoms with Gasteiger partial charge in [0.15, 0.2) is 6.61 Å². The van der Waals surface area contributed by atoms with Crippen molar-refractivity contribution in [3.05, 3.63) is 59.7 Å². The second kappa shape index (κ2) is 10.9. The average Bonchev–Trinajstić information content (AvgIpc) is 2.78. The van der Waals surface area contributed by atoms with Crippen LogP contribution in [0.2, 0.25) is 0 Å². The molecule has 1 aliphatic rings. The molecule has 0 aliphatic carbocycles. The van der Waals surface area contributed by atoms with E-state index < -0.39 is 24.5 Å². The Bertz CT molecular complexity index is 881. The van der Waals surface area contributed by atoms with Crippen LogP contribution < -0.4 is 15.4 Å². The molecule has 1 saturated heterocycles. The molecule has 7 nitrogen and oxygen atoms in total. The van der Waals surface area contributed by atoms with Crippen LogP contribution in [0, 0.1) is 0 Å². The molecule has 1 fully saturated rings. The second-order valence-electron chi connectivity index (χ2n) is 6.36. The number of imide groups is 1. The molecule has 9 heteroatoms. The molecule has 0 saturated carbocycles. The number of ether oxygens (including phenoxy) is 2. The van der Waals surface area contributed by atoms with Gasteiger partial charge in [-0.2, -0.15) is 0 Å². The number of methoxy groups -OCH3 is 1. The third kappa shape index (κ3) is 6.43. The van der Waals surface area contributed by atoms with E-state index in [4.69, 9.17) is 9.47 Å². The van der Waals surface area contributed by atoms with Crippen molar-refractivity contribution in [2.75, 3.05) is 30.5 Å². The lowest BCUT2D eigenvalue weighted by molar-refractivity contribution is -0.123. The van der Waals surface area contributed by atoms with E-state index in [0.29, 0.717) is 21.6 Å². The molecule has 0 spiro atoms. The largest absolute Gasteiger partial charge is 0.497 e. The number of urea groups is 1. The van der Waals surface area contributed by atoms with Gasteiger partial charge in [-0.3, -0.25) is 10.1 Å². The Kier molecular flexibility index (Phi) is 8.04. The maximum absolute atomic E-state index is 12.1. The molecule has 3 amide bonds. The Hall–Kier alpha value is -2.65. The van der Waals surface area contributed by atoms with E-state index in [1.807, 2.05) is 35.7 Å². The molecule has 0 aromatic heterocycles. The lowest BCUT2D eigenvalue weighted by atomic mass is 10.1. The van der Waals surface area contributed by atoms with Crippen LogP contribution in [0.5, 0.6) is 5.75 Å². The maximum Gasteiger partial charge on any atom is 0.338 e. The van der Waals surface area contributed by atoms with Crippen LogP contribution >= 0.6 is 23.5 Å². The third-order valence-corrected chi connectivity index (χ3v) is 7.20. The van der Waals surface area contributed by atoms with Crippen molar-refractivity contribution >= 4 is 47.1 Å². The molecule has 0 unspecified atom stereocenters. The molecular weight excluding hydrogens is 424 g/mol. The van der Waals surface area contributed by atoms with Gasteiger partial charge in [-0.25, -0.2) is 9.59 Å². The number of nitrogens with one attached hydrogen (secondary N) is 2. The van der Waals surface area contributed by atoms with Crippen molar-refractivity contribution in [1.29, 1.82) is 0 Å². The monoisotopic (exact) mass is 446 g/mol. The zero-order valence-electron chi connectivity index (χ0n) is 16.4. The molecule has 158 valence electrons. The predicted molar refractivity (Wildman–Crippen MR) is 119 cm³/mol. The lowest BCUT2D eigenvalue weighted by Crippen LogP contribution is -2.37. The van der Waals surface area contributed by atoms with Crippen LogP contribution in [0.3, 0.4) is 0 Å². The van der Waals surface area contributed by atoms with Gasteiger partial charge in [-0.1, -0.05) is 12.1 Å². The highest BCUT2D eigenvalue weighted by Crippen LogP contribution is 2.43. The van der Waals surface area contributed by atoms with Gasteiger partial charge >= 0.3 is 12.0 Å². The summed E-state index contributed by atoms with van der Waals surface area (Å²) in [6.07, 6.45) is 1.22. The molecule has 2 aromatic carbocycles. The Balaban J connectivity index is 1.43. The van der Waals surface area contributed by atoms with Gasteiger partial charge < -0.3 is 14.8 Å². The first kappa shape index (κ1) is 22.0. The molecule has 2 aromatic rings. The number of hydrogen-bond donors (Lipinski definition) is 2. The fourth-order valence-electron chi connectivity index (χ4n) is 2.67. The Labute approximate surface area is 183 Å². The van der Waals surface area contributed by atoms with Gasteiger partial charge in [-0.15, -0.1) is 23.5 Å². The molecule has 30 heavy (non-hydrogen) atoms. The number of carbonyl (C=O) groups is 3. The number of esters is 1. The molecular formula is C21H22N2O5S2. The van der Waals surface area contributed by atoms with E-state index in [9.17, 15) is 14.4 Å². The highest BCUT2D eigenvalue weighted by atomic mass is 32.2. The minimum absolute atomic E-state index is 0.361. The van der Waals surface area contributed by atoms with E-state index in [-0.39, 0.29) is 0 Å². The molecule has 0 radical (unpaired) electrons. The lowest BCUT2D eigenvalue weighted by Gasteiger charge is -2.21. The molecule has 0 atom stereocenters. The summed E-state index contributed by atoms with van der Waals surface area (Å²) in [5, 5.41) is 4.62. The fourth-order valence-corrected chi connectivity index (χ4v) is 5.56. The number of rotatable bonds is 6. The van der Waals surface area contributed by atoms with Crippen LogP contribution in [0.15, 0.2) is 48.5 Å². The zero-order valence-corrected chi connectivity index (χ0v) is 18.0. The Morgan fingerprint density at radius 2 is 1.67 bits per heavy atom. The summed E-state index contributed by atoms with van der Waals surface area (Å²) >= 11 is 3.80. The SMILES string of the molecule is COc1ccc(NC(=O)NC(=O)COC(=O)c2ccc(C3SCCCS3)cc2)cc1. The predicted octanol–water partition coefficient (Wildman–Crippen LogP) is 4.07. The van der Waals surface area contributed by atoms with E-state index >= 15 is 0 Å². The molecule has 2 N–H and O–H groups in total. The van der Waals surface area contributed by atoms with E-state index in [1.165, 1.54) is 6.42 Å². The second-order valence-corrected chi connectivity index (χ2v) is 9.08. The van der Waals surface area contributed by atoms with Crippen LogP contribution in [0.4, 0.5) is 10.5 Å². The van der Waals surface area contributed by atoms with Crippen molar-refractivity contribution in [2.24, 2.45) is 0 Å². The Morgan fingerprint density at radius 1 is 1.00 bits per heavy atom. The van der Waals surface area contributed by atoms with Crippen molar-refractivity contribution < 1.29 is 23.9 Å². The molecule has 1 aliphatic heterocycles. The molecule has 1 heterocycles. The number of amides is 3. The Morgan fingerprint density at radius 3 is 2.30 bits per heavy atom. The zero-order chi connectivity index (χ0) is 21.3. The maximum atomic E-state index is 12.1. The van der Waals surface area contributed by atoms with Crippen LogP contribution in [0.25, 0.3) is 0 Å². The quantitative estimate of drug-likeness (QED) is 0.646. The van der Waals surface area contributed by atoms with Gasteiger partial charge in [0.2, 0.25) is 0 Å². The van der Waals surface area contributed by atoms with Crippen LogP contribution in [-0.4, -0.2) is 43.1 Å². The highest BCUT2D eigenvalue weighted by Gasteiger charge is 2.18. The van der Waals surface area contributed by atoms with Crippen LogP contribution in [0.1, 0.15) is 26.9 Å².